The van der Waals surface area contributed by atoms with Crippen molar-refractivity contribution in [2.24, 2.45) is 0 Å². The number of amides is 1. The second-order valence-corrected chi connectivity index (χ2v) is 4.48. The quantitative estimate of drug-likeness (QED) is 0.793. The molecule has 5 nitrogen and oxygen atoms in total. The van der Waals surface area contributed by atoms with E-state index in [4.69, 9.17) is 0 Å². The molecule has 2 N–H and O–H groups in total. The summed E-state index contributed by atoms with van der Waals surface area (Å²) in [6, 6.07) is 1.82. The van der Waals surface area contributed by atoms with E-state index in [1.54, 1.807) is 6.20 Å². The topological polar surface area (TPSA) is 70.7 Å². The highest BCUT2D eigenvalue weighted by Gasteiger charge is 2.39. The van der Waals surface area contributed by atoms with Crippen LogP contribution in [0.1, 0.15) is 30.3 Å². The van der Waals surface area contributed by atoms with Gasteiger partial charge in [-0.2, -0.15) is 0 Å². The lowest BCUT2D eigenvalue weighted by Crippen LogP contribution is -2.34. The van der Waals surface area contributed by atoms with E-state index in [0.29, 0.717) is 11.3 Å². The zero-order valence-electron chi connectivity index (χ0n) is 8.95. The zero-order chi connectivity index (χ0) is 11.2. The van der Waals surface area contributed by atoms with Crippen molar-refractivity contribution >= 4 is 16.9 Å². The maximum atomic E-state index is 12.0. The van der Waals surface area contributed by atoms with Crippen LogP contribution in [-0.4, -0.2) is 26.4 Å². The first-order valence-electron chi connectivity index (χ1n) is 5.29. The number of rotatable bonds is 2. The number of fused-ring (bicyclic) bond motifs is 1. The van der Waals surface area contributed by atoms with Gasteiger partial charge in [-0.05, 0) is 25.8 Å². The molecule has 82 valence electrons. The van der Waals surface area contributed by atoms with Gasteiger partial charge < -0.3 is 10.3 Å². The van der Waals surface area contributed by atoms with E-state index >= 15 is 0 Å². The Morgan fingerprint density at radius 3 is 3.06 bits per heavy atom. The lowest BCUT2D eigenvalue weighted by atomic mass is 10.2. The highest BCUT2D eigenvalue weighted by Crippen LogP contribution is 2.34. The van der Waals surface area contributed by atoms with Crippen LogP contribution < -0.4 is 5.32 Å². The standard InChI is InChI=1S/C11H12N4O/c1-11(3-4-11)15-10(16)8-7-2-5-12-9(7)14-6-13-8/h2,5-6H,3-4H2,1H3,(H,15,16)(H,12,13,14). The summed E-state index contributed by atoms with van der Waals surface area (Å²) in [5.41, 5.74) is 1.12. The van der Waals surface area contributed by atoms with Crippen LogP contribution in [0.25, 0.3) is 11.0 Å². The summed E-state index contributed by atoms with van der Waals surface area (Å²) in [5.74, 6) is -0.119. The van der Waals surface area contributed by atoms with Crippen LogP contribution >= 0.6 is 0 Å². The Balaban J connectivity index is 1.98. The van der Waals surface area contributed by atoms with Gasteiger partial charge in [0.05, 0.1) is 5.39 Å². The highest BCUT2D eigenvalue weighted by atomic mass is 16.2. The number of carbonyl (C=O) groups is 1. The molecule has 2 heterocycles. The number of aromatic nitrogens is 3. The third kappa shape index (κ3) is 1.44. The molecule has 0 aliphatic heterocycles. The summed E-state index contributed by atoms with van der Waals surface area (Å²) in [6.07, 6.45) is 5.25. The lowest BCUT2D eigenvalue weighted by Gasteiger charge is -2.10. The minimum absolute atomic E-state index is 0.0232. The Morgan fingerprint density at radius 1 is 1.50 bits per heavy atom. The van der Waals surface area contributed by atoms with E-state index in [0.717, 1.165) is 18.2 Å². The van der Waals surface area contributed by atoms with Gasteiger partial charge >= 0.3 is 0 Å². The van der Waals surface area contributed by atoms with Gasteiger partial charge in [0.15, 0.2) is 0 Å². The monoisotopic (exact) mass is 216 g/mol. The van der Waals surface area contributed by atoms with Gasteiger partial charge in [0.2, 0.25) is 0 Å². The third-order valence-electron chi connectivity index (χ3n) is 2.98. The fourth-order valence-electron chi connectivity index (χ4n) is 1.70. The largest absolute Gasteiger partial charge is 0.346 e. The summed E-state index contributed by atoms with van der Waals surface area (Å²) < 4.78 is 0. The minimum atomic E-state index is -0.119. The summed E-state index contributed by atoms with van der Waals surface area (Å²) >= 11 is 0. The van der Waals surface area contributed by atoms with Crippen molar-refractivity contribution < 1.29 is 4.79 Å². The molecule has 0 unspecified atom stereocenters. The maximum Gasteiger partial charge on any atom is 0.271 e. The van der Waals surface area contributed by atoms with Crippen molar-refractivity contribution in [2.75, 3.05) is 0 Å². The predicted octanol–water partition coefficient (Wildman–Crippen LogP) is 1.24. The average Bonchev–Trinajstić information content (AvgIpc) is 2.81. The molecule has 1 amide bonds. The molecule has 5 heteroatoms. The van der Waals surface area contributed by atoms with Gasteiger partial charge in [-0.3, -0.25) is 4.79 Å². The Labute approximate surface area is 92.3 Å². The van der Waals surface area contributed by atoms with Gasteiger partial charge in [0, 0.05) is 11.7 Å². The summed E-state index contributed by atoms with van der Waals surface area (Å²) in [7, 11) is 0. The molecular formula is C11H12N4O. The molecule has 0 spiro atoms. The van der Waals surface area contributed by atoms with Crippen LogP contribution in [-0.2, 0) is 0 Å². The van der Waals surface area contributed by atoms with Crippen LogP contribution in [0.15, 0.2) is 18.6 Å². The Hall–Kier alpha value is -1.91. The first-order valence-corrected chi connectivity index (χ1v) is 5.29. The molecule has 2 aromatic rings. The molecule has 0 aromatic carbocycles. The van der Waals surface area contributed by atoms with E-state index in [-0.39, 0.29) is 11.4 Å². The molecule has 0 saturated heterocycles. The van der Waals surface area contributed by atoms with E-state index in [2.05, 4.69) is 20.3 Å². The van der Waals surface area contributed by atoms with Crippen molar-refractivity contribution in [3.63, 3.8) is 0 Å². The third-order valence-corrected chi connectivity index (χ3v) is 2.98. The number of H-pyrrole nitrogens is 1. The highest BCUT2D eigenvalue weighted by molar-refractivity contribution is 6.03. The number of aromatic amines is 1. The number of nitrogens with zero attached hydrogens (tertiary/aromatic N) is 2. The van der Waals surface area contributed by atoms with Gasteiger partial charge in [-0.1, -0.05) is 0 Å². The lowest BCUT2D eigenvalue weighted by molar-refractivity contribution is 0.0932. The molecule has 0 radical (unpaired) electrons. The van der Waals surface area contributed by atoms with Crippen molar-refractivity contribution in [2.45, 2.75) is 25.3 Å². The molecule has 2 aromatic heterocycles. The molecule has 1 aliphatic rings. The van der Waals surface area contributed by atoms with Gasteiger partial charge in [0.1, 0.15) is 17.7 Å². The zero-order valence-corrected chi connectivity index (χ0v) is 8.95. The molecule has 1 fully saturated rings. The van der Waals surface area contributed by atoms with Crippen LogP contribution in [0.5, 0.6) is 0 Å². The molecule has 3 rings (SSSR count). The number of hydrogen-bond acceptors (Lipinski definition) is 3. The van der Waals surface area contributed by atoms with Crippen molar-refractivity contribution in [1.29, 1.82) is 0 Å². The summed E-state index contributed by atoms with van der Waals surface area (Å²) in [5, 5.41) is 3.75. The minimum Gasteiger partial charge on any atom is -0.346 e. The number of carbonyl (C=O) groups excluding carboxylic acids is 1. The SMILES string of the molecule is CC1(NC(=O)c2ncnc3[nH]ccc23)CC1. The number of hydrogen-bond donors (Lipinski definition) is 2. The van der Waals surface area contributed by atoms with E-state index < -0.39 is 0 Å². The van der Waals surface area contributed by atoms with Crippen molar-refractivity contribution in [1.82, 2.24) is 20.3 Å². The Bertz CT molecular complexity index is 556. The van der Waals surface area contributed by atoms with Crippen LogP contribution in [0.3, 0.4) is 0 Å². The molecule has 0 bridgehead atoms. The van der Waals surface area contributed by atoms with Crippen molar-refractivity contribution in [3.8, 4) is 0 Å². The smallest absolute Gasteiger partial charge is 0.271 e. The van der Waals surface area contributed by atoms with Crippen molar-refractivity contribution in [3.05, 3.63) is 24.3 Å². The molecule has 0 atom stereocenters. The maximum absolute atomic E-state index is 12.0. The molecule has 1 aliphatic carbocycles. The van der Waals surface area contributed by atoms with Gasteiger partial charge in [-0.15, -0.1) is 0 Å². The van der Waals surface area contributed by atoms with Crippen LogP contribution in [0, 0.1) is 0 Å². The summed E-state index contributed by atoms with van der Waals surface area (Å²) in [4.78, 5) is 23.1. The van der Waals surface area contributed by atoms with Crippen LogP contribution in [0.4, 0.5) is 0 Å². The molecule has 16 heavy (non-hydrogen) atoms. The predicted molar refractivity (Wildman–Crippen MR) is 59.0 cm³/mol. The summed E-state index contributed by atoms with van der Waals surface area (Å²) in [6.45, 7) is 2.04. The van der Waals surface area contributed by atoms with E-state index in [9.17, 15) is 4.79 Å². The second-order valence-electron chi connectivity index (χ2n) is 4.48. The molecular weight excluding hydrogens is 204 g/mol. The normalized spacial score (nSPS) is 17.3. The Kier molecular flexibility index (Phi) is 1.77. The molecule has 1 saturated carbocycles. The first-order chi connectivity index (χ1) is 7.68. The fourth-order valence-corrected chi connectivity index (χ4v) is 1.70. The first kappa shape index (κ1) is 9.33. The second kappa shape index (κ2) is 3.04. The fraction of sp³-hybridized carbons (Fsp3) is 0.364. The van der Waals surface area contributed by atoms with Gasteiger partial charge in [-0.25, -0.2) is 9.97 Å². The van der Waals surface area contributed by atoms with Gasteiger partial charge in [0.25, 0.3) is 5.91 Å². The number of nitrogens with one attached hydrogen (secondary N) is 2. The Morgan fingerprint density at radius 2 is 2.31 bits per heavy atom. The van der Waals surface area contributed by atoms with Crippen LogP contribution in [0.2, 0.25) is 0 Å². The van der Waals surface area contributed by atoms with E-state index in [1.807, 2.05) is 13.0 Å². The average molecular weight is 216 g/mol. The van der Waals surface area contributed by atoms with E-state index in [1.165, 1.54) is 6.33 Å².